The number of hydrogen-bond acceptors (Lipinski definition) is 1. The third kappa shape index (κ3) is 4.93. The number of anilines is 1. The molecule has 0 aromatic heterocycles. The van der Waals surface area contributed by atoms with Gasteiger partial charge in [0.05, 0.1) is 0 Å². The van der Waals surface area contributed by atoms with Gasteiger partial charge in [0.1, 0.15) is 0 Å². The zero-order chi connectivity index (χ0) is 13.9. The van der Waals surface area contributed by atoms with E-state index in [-0.39, 0.29) is 51.4 Å². The normalized spacial score (nSPS) is 10.8. The smallest absolute Gasteiger partial charge is 0.445 e. The van der Waals surface area contributed by atoms with Crippen LogP contribution in [0.3, 0.4) is 0 Å². The molecule has 0 unspecified atom stereocenters. The summed E-state index contributed by atoms with van der Waals surface area (Å²) in [5.41, 5.74) is 1.09. The van der Waals surface area contributed by atoms with E-state index in [4.69, 9.17) is 0 Å². The fourth-order valence-electron chi connectivity index (χ4n) is 1.94. The molecule has 2 aromatic carbocycles. The molecule has 0 atom stereocenters. The molecule has 0 aliphatic carbocycles. The second-order valence-electron chi connectivity index (χ2n) is 4.51. The topological polar surface area (TPSA) is 3.24 Å². The van der Waals surface area contributed by atoms with E-state index in [9.17, 15) is 12.9 Å². The minimum absolute atomic E-state index is 0. The summed E-state index contributed by atoms with van der Waals surface area (Å²) in [5, 5.41) is 0. The molecule has 1 nitrogen and oxygen atoms in total. The summed E-state index contributed by atoms with van der Waals surface area (Å²) < 4.78 is 38.0. The Morgan fingerprint density at radius 1 is 0.950 bits per heavy atom. The molecule has 100 valence electrons. The standard InChI is InChI=1S/C14H14BF3N.K/c1-19(14-8-3-2-4-9-14)11-12-6-5-7-13(10-12)15(16,17)18;/h2-10H,11H2,1H3;/q-1;+1. The van der Waals surface area contributed by atoms with Crippen molar-refractivity contribution in [3.8, 4) is 0 Å². The molecular weight excluding hydrogens is 289 g/mol. The van der Waals surface area contributed by atoms with E-state index in [0.29, 0.717) is 12.1 Å². The van der Waals surface area contributed by atoms with Crippen molar-refractivity contribution >= 4 is 18.1 Å². The molecule has 0 fully saturated rings. The van der Waals surface area contributed by atoms with Gasteiger partial charge in [0.25, 0.3) is 0 Å². The van der Waals surface area contributed by atoms with Crippen LogP contribution in [0.1, 0.15) is 5.56 Å². The van der Waals surface area contributed by atoms with Crippen LogP contribution in [0.4, 0.5) is 18.6 Å². The quantitative estimate of drug-likeness (QED) is 0.738. The average molecular weight is 303 g/mol. The van der Waals surface area contributed by atoms with Crippen molar-refractivity contribution in [2.75, 3.05) is 11.9 Å². The minimum Gasteiger partial charge on any atom is -0.445 e. The summed E-state index contributed by atoms with van der Waals surface area (Å²) in [4.78, 5) is 1.92. The SMILES string of the molecule is CN(Cc1cccc([B-](F)(F)F)c1)c1ccccc1.[K+]. The van der Waals surface area contributed by atoms with Crippen LogP contribution >= 0.6 is 0 Å². The number of benzene rings is 2. The number of halogens is 3. The Kier molecular flexibility index (Phi) is 6.81. The number of rotatable bonds is 4. The molecule has 0 bridgehead atoms. The molecule has 0 aliphatic rings. The summed E-state index contributed by atoms with van der Waals surface area (Å²) in [6.07, 6.45) is 0. The molecule has 0 aliphatic heterocycles. The van der Waals surface area contributed by atoms with Gasteiger partial charge in [-0.05, 0) is 17.7 Å². The molecule has 0 saturated carbocycles. The molecular formula is C14H14BF3KN. The zero-order valence-corrected chi connectivity index (χ0v) is 14.7. The molecule has 0 saturated heterocycles. The summed E-state index contributed by atoms with van der Waals surface area (Å²) in [6.45, 7) is -4.48. The first-order valence-electron chi connectivity index (χ1n) is 6.02. The van der Waals surface area contributed by atoms with Crippen LogP contribution in [-0.4, -0.2) is 14.0 Å². The van der Waals surface area contributed by atoms with Gasteiger partial charge in [-0.2, -0.15) is 0 Å². The van der Waals surface area contributed by atoms with Gasteiger partial charge in [0.2, 0.25) is 0 Å². The van der Waals surface area contributed by atoms with E-state index in [0.717, 1.165) is 11.8 Å². The van der Waals surface area contributed by atoms with Crippen LogP contribution in [0.25, 0.3) is 0 Å². The first-order chi connectivity index (χ1) is 8.97. The maximum atomic E-state index is 12.7. The van der Waals surface area contributed by atoms with Gasteiger partial charge in [0.15, 0.2) is 0 Å². The molecule has 0 radical (unpaired) electrons. The maximum Gasteiger partial charge on any atom is 1.00 e. The Labute approximate surface area is 159 Å². The van der Waals surface area contributed by atoms with Gasteiger partial charge >= 0.3 is 58.4 Å². The molecule has 2 aromatic rings. The predicted octanol–water partition coefficient (Wildman–Crippen LogP) is 0.381. The van der Waals surface area contributed by atoms with Gasteiger partial charge in [-0.25, -0.2) is 0 Å². The van der Waals surface area contributed by atoms with Gasteiger partial charge in [-0.3, -0.25) is 0 Å². The van der Waals surface area contributed by atoms with Crippen molar-refractivity contribution in [2.45, 2.75) is 6.54 Å². The molecule has 0 spiro atoms. The van der Waals surface area contributed by atoms with E-state index < -0.39 is 12.4 Å². The van der Waals surface area contributed by atoms with Crippen LogP contribution in [0.2, 0.25) is 0 Å². The average Bonchev–Trinajstić information content (AvgIpc) is 2.39. The predicted molar refractivity (Wildman–Crippen MR) is 73.7 cm³/mol. The monoisotopic (exact) mass is 303 g/mol. The molecule has 2 rings (SSSR count). The van der Waals surface area contributed by atoms with Crippen molar-refractivity contribution in [3.63, 3.8) is 0 Å². The van der Waals surface area contributed by atoms with Crippen molar-refractivity contribution in [1.82, 2.24) is 0 Å². The van der Waals surface area contributed by atoms with Crippen LogP contribution in [0, 0.1) is 0 Å². The molecule has 0 N–H and O–H groups in total. The molecule has 0 amide bonds. The van der Waals surface area contributed by atoms with Gasteiger partial charge in [-0.15, -0.1) is 5.46 Å². The van der Waals surface area contributed by atoms with Crippen LogP contribution in [0.15, 0.2) is 54.6 Å². The number of hydrogen-bond donors (Lipinski definition) is 0. The Bertz CT molecular complexity index is 546. The van der Waals surface area contributed by atoms with Crippen molar-refractivity contribution in [3.05, 3.63) is 60.2 Å². The van der Waals surface area contributed by atoms with Gasteiger partial charge < -0.3 is 17.8 Å². The minimum atomic E-state index is -4.93. The largest absolute Gasteiger partial charge is 1.00 e. The first-order valence-corrected chi connectivity index (χ1v) is 6.02. The number of para-hydroxylation sites is 1. The summed E-state index contributed by atoms with van der Waals surface area (Å²) in [7, 11) is 1.86. The Hall–Kier alpha value is -0.269. The van der Waals surface area contributed by atoms with Gasteiger partial charge in [0, 0.05) is 19.3 Å². The van der Waals surface area contributed by atoms with E-state index in [1.807, 2.05) is 42.3 Å². The summed E-state index contributed by atoms with van der Waals surface area (Å²) >= 11 is 0. The number of nitrogens with zero attached hydrogens (tertiary/aromatic N) is 1. The van der Waals surface area contributed by atoms with E-state index >= 15 is 0 Å². The molecule has 0 heterocycles. The van der Waals surface area contributed by atoms with Crippen LogP contribution < -0.4 is 61.7 Å². The fraction of sp³-hybridized carbons (Fsp3) is 0.143. The summed E-state index contributed by atoms with van der Waals surface area (Å²) in [5.74, 6) is 0. The Balaban J connectivity index is 0.00000200. The zero-order valence-electron chi connectivity index (χ0n) is 11.6. The fourth-order valence-corrected chi connectivity index (χ4v) is 1.94. The second kappa shape index (κ2) is 7.66. The van der Waals surface area contributed by atoms with E-state index in [1.165, 1.54) is 12.1 Å². The van der Waals surface area contributed by atoms with Crippen LogP contribution in [-0.2, 0) is 6.54 Å². The molecule has 20 heavy (non-hydrogen) atoms. The third-order valence-corrected chi connectivity index (χ3v) is 2.95. The second-order valence-corrected chi connectivity index (χ2v) is 4.51. The maximum absolute atomic E-state index is 12.7. The Morgan fingerprint density at radius 3 is 2.20 bits per heavy atom. The van der Waals surface area contributed by atoms with E-state index in [2.05, 4.69) is 0 Å². The van der Waals surface area contributed by atoms with Crippen LogP contribution in [0.5, 0.6) is 0 Å². The van der Waals surface area contributed by atoms with Crippen molar-refractivity contribution in [2.24, 2.45) is 0 Å². The van der Waals surface area contributed by atoms with Crippen molar-refractivity contribution in [1.29, 1.82) is 0 Å². The molecule has 6 heteroatoms. The van der Waals surface area contributed by atoms with Crippen molar-refractivity contribution < 1.29 is 64.3 Å². The first kappa shape index (κ1) is 17.8. The van der Waals surface area contributed by atoms with E-state index in [1.54, 1.807) is 6.07 Å². The van der Waals surface area contributed by atoms with Gasteiger partial charge in [-0.1, -0.05) is 42.5 Å². The Morgan fingerprint density at radius 2 is 1.60 bits per heavy atom. The third-order valence-electron chi connectivity index (χ3n) is 2.95. The summed E-state index contributed by atoms with van der Waals surface area (Å²) in [6, 6.07) is 15.1.